The van der Waals surface area contributed by atoms with Gasteiger partial charge in [0.25, 0.3) is 11.2 Å². The van der Waals surface area contributed by atoms with Gasteiger partial charge in [-0.25, -0.2) is 4.98 Å². The van der Waals surface area contributed by atoms with Crippen molar-refractivity contribution in [3.8, 4) is 16.9 Å². The number of phenolic OH excluding ortho intramolecular Hbond substituents is 1. The van der Waals surface area contributed by atoms with Crippen molar-refractivity contribution in [3.05, 3.63) is 80.2 Å². The van der Waals surface area contributed by atoms with Crippen LogP contribution in [0.2, 0.25) is 0 Å². The molecule has 0 aliphatic heterocycles. The van der Waals surface area contributed by atoms with E-state index in [4.69, 9.17) is 0 Å². The molecular formula is C22H18N4O5S. The van der Waals surface area contributed by atoms with Crippen LogP contribution >= 0.6 is 11.3 Å². The summed E-state index contributed by atoms with van der Waals surface area (Å²) < 4.78 is 1.37. The molecule has 0 fully saturated rings. The second-order valence-electron chi connectivity index (χ2n) is 7.08. The van der Waals surface area contributed by atoms with E-state index in [-0.39, 0.29) is 35.6 Å². The van der Waals surface area contributed by atoms with Gasteiger partial charge in [0.05, 0.1) is 22.3 Å². The van der Waals surface area contributed by atoms with Gasteiger partial charge in [-0.1, -0.05) is 30.3 Å². The van der Waals surface area contributed by atoms with E-state index >= 15 is 0 Å². The smallest absolute Gasteiger partial charge is 0.271 e. The van der Waals surface area contributed by atoms with Gasteiger partial charge in [0.2, 0.25) is 5.91 Å². The summed E-state index contributed by atoms with van der Waals surface area (Å²) in [6.07, 6.45) is 1.33. The fourth-order valence-corrected chi connectivity index (χ4v) is 4.42. The van der Waals surface area contributed by atoms with Crippen LogP contribution in [0, 0.1) is 17.0 Å². The second-order valence-corrected chi connectivity index (χ2v) is 8.28. The molecule has 4 rings (SSSR count). The lowest BCUT2D eigenvalue weighted by atomic mass is 10.0. The molecule has 0 unspecified atom stereocenters. The number of carbonyl (C=O) groups excluding carboxylic acids is 1. The minimum absolute atomic E-state index is 0.0619. The van der Waals surface area contributed by atoms with Crippen LogP contribution in [0.4, 0.5) is 11.4 Å². The summed E-state index contributed by atoms with van der Waals surface area (Å²) in [6, 6.07) is 12.9. The zero-order valence-electron chi connectivity index (χ0n) is 16.9. The first-order valence-electron chi connectivity index (χ1n) is 9.66. The molecule has 0 atom stereocenters. The third kappa shape index (κ3) is 4.08. The van der Waals surface area contributed by atoms with Gasteiger partial charge in [-0.05, 0) is 18.6 Å². The number of nitro groups is 1. The number of aryl methyl sites for hydroxylation is 2. The van der Waals surface area contributed by atoms with Gasteiger partial charge in [-0.2, -0.15) is 0 Å². The highest BCUT2D eigenvalue weighted by atomic mass is 32.1. The lowest BCUT2D eigenvalue weighted by Crippen LogP contribution is -2.23. The summed E-state index contributed by atoms with van der Waals surface area (Å²) in [5.41, 5.74) is 1.19. The number of aromatic hydroxyl groups is 1. The maximum atomic E-state index is 13.2. The molecule has 1 amide bonds. The molecule has 10 heteroatoms. The molecule has 2 aromatic heterocycles. The Kier molecular flexibility index (Phi) is 5.69. The number of hydrogen-bond acceptors (Lipinski definition) is 7. The third-order valence-corrected chi connectivity index (χ3v) is 5.98. The van der Waals surface area contributed by atoms with Crippen LogP contribution in [-0.4, -0.2) is 25.5 Å². The first kappa shape index (κ1) is 21.2. The lowest BCUT2D eigenvalue weighted by Gasteiger charge is -2.09. The van der Waals surface area contributed by atoms with Crippen LogP contribution in [0.5, 0.6) is 5.75 Å². The second kappa shape index (κ2) is 8.60. The highest BCUT2D eigenvalue weighted by molar-refractivity contribution is 7.19. The van der Waals surface area contributed by atoms with E-state index in [0.29, 0.717) is 10.2 Å². The predicted octanol–water partition coefficient (Wildman–Crippen LogP) is 4.08. The normalized spacial score (nSPS) is 10.9. The molecule has 2 heterocycles. The van der Waals surface area contributed by atoms with Gasteiger partial charge >= 0.3 is 0 Å². The Balaban J connectivity index is 1.57. The van der Waals surface area contributed by atoms with E-state index < -0.39 is 10.8 Å². The number of benzene rings is 2. The van der Waals surface area contributed by atoms with Gasteiger partial charge < -0.3 is 10.4 Å². The lowest BCUT2D eigenvalue weighted by molar-refractivity contribution is -0.384. The van der Waals surface area contributed by atoms with Crippen LogP contribution in [0.3, 0.4) is 0 Å². The quantitative estimate of drug-likeness (QED) is 0.259. The fourth-order valence-electron chi connectivity index (χ4n) is 3.42. The number of nitrogens with zero attached hydrogens (tertiary/aromatic N) is 3. The maximum absolute atomic E-state index is 13.2. The Labute approximate surface area is 185 Å². The Morgan fingerprint density at radius 1 is 1.25 bits per heavy atom. The third-order valence-electron chi connectivity index (χ3n) is 4.96. The van der Waals surface area contributed by atoms with Gasteiger partial charge in [0, 0.05) is 35.5 Å². The van der Waals surface area contributed by atoms with Gasteiger partial charge in [-0.3, -0.25) is 24.3 Å². The summed E-state index contributed by atoms with van der Waals surface area (Å²) in [4.78, 5) is 41.8. The van der Waals surface area contributed by atoms with Crippen LogP contribution in [0.1, 0.15) is 11.3 Å². The Morgan fingerprint density at radius 2 is 2.00 bits per heavy atom. The number of nitro benzene ring substituents is 1. The van der Waals surface area contributed by atoms with Crippen molar-refractivity contribution in [2.45, 2.75) is 19.9 Å². The number of thiophene rings is 1. The summed E-state index contributed by atoms with van der Waals surface area (Å²) in [5, 5.41) is 23.7. The van der Waals surface area contributed by atoms with Crippen LogP contribution in [-0.2, 0) is 11.3 Å². The molecule has 9 nitrogen and oxygen atoms in total. The van der Waals surface area contributed by atoms with E-state index in [2.05, 4.69) is 10.3 Å². The van der Waals surface area contributed by atoms with E-state index in [9.17, 15) is 24.8 Å². The number of anilines is 1. The zero-order chi connectivity index (χ0) is 22.8. The van der Waals surface area contributed by atoms with Crippen molar-refractivity contribution < 1.29 is 14.8 Å². The number of hydrogen-bond donors (Lipinski definition) is 2. The molecule has 0 spiro atoms. The molecule has 0 saturated carbocycles. The molecule has 2 aromatic carbocycles. The minimum atomic E-state index is -0.622. The molecule has 0 bridgehead atoms. The molecule has 4 aromatic rings. The molecule has 0 aliphatic carbocycles. The monoisotopic (exact) mass is 450 g/mol. The molecule has 162 valence electrons. The van der Waals surface area contributed by atoms with Crippen molar-refractivity contribution >= 4 is 38.8 Å². The number of amides is 1. The van der Waals surface area contributed by atoms with Crippen molar-refractivity contribution in [2.24, 2.45) is 0 Å². The minimum Gasteiger partial charge on any atom is -0.506 e. The summed E-state index contributed by atoms with van der Waals surface area (Å²) in [6.45, 7) is 2.00. The Hall–Kier alpha value is -4.05. The maximum Gasteiger partial charge on any atom is 0.271 e. The molecule has 0 saturated heterocycles. The van der Waals surface area contributed by atoms with Crippen LogP contribution < -0.4 is 10.9 Å². The van der Waals surface area contributed by atoms with E-state index in [1.165, 1.54) is 22.2 Å². The molecule has 0 radical (unpaired) electrons. The Morgan fingerprint density at radius 3 is 2.72 bits per heavy atom. The highest BCUT2D eigenvalue weighted by Crippen LogP contribution is 2.35. The standard InChI is InChI=1S/C22H18N4O5S/c1-13-19(14-5-3-2-4-6-14)20-21(32-13)23-12-25(22(20)29)10-9-18(28)24-16-11-15(26(30)31)7-8-17(16)27/h2-8,11-12,27H,9-10H2,1H3,(H,24,28). The summed E-state index contributed by atoms with van der Waals surface area (Å²) in [5.74, 6) is -0.789. The number of fused-ring (bicyclic) bond motifs is 1. The highest BCUT2D eigenvalue weighted by Gasteiger charge is 2.17. The van der Waals surface area contributed by atoms with E-state index in [0.717, 1.165) is 34.2 Å². The summed E-state index contributed by atoms with van der Waals surface area (Å²) in [7, 11) is 0. The Bertz CT molecular complexity index is 1390. The van der Waals surface area contributed by atoms with Crippen LogP contribution in [0.15, 0.2) is 59.7 Å². The zero-order valence-corrected chi connectivity index (χ0v) is 17.8. The van der Waals surface area contributed by atoms with Gasteiger partial charge in [0.1, 0.15) is 10.6 Å². The molecule has 2 N–H and O–H groups in total. The van der Waals surface area contributed by atoms with E-state index in [1.54, 1.807) is 0 Å². The molecule has 32 heavy (non-hydrogen) atoms. The first-order chi connectivity index (χ1) is 15.3. The number of aromatic nitrogens is 2. The average molecular weight is 450 g/mol. The van der Waals surface area contributed by atoms with Gasteiger partial charge in [0.15, 0.2) is 0 Å². The van der Waals surface area contributed by atoms with Crippen LogP contribution in [0.25, 0.3) is 21.3 Å². The SMILES string of the molecule is Cc1sc2ncn(CCC(=O)Nc3cc([N+](=O)[O-])ccc3O)c(=O)c2c1-c1ccccc1. The number of non-ortho nitro benzene ring substituents is 1. The number of phenols is 1. The number of carbonyl (C=O) groups is 1. The fraction of sp³-hybridized carbons (Fsp3) is 0.136. The van der Waals surface area contributed by atoms with Crippen molar-refractivity contribution in [1.82, 2.24) is 9.55 Å². The molecule has 0 aliphatic rings. The number of nitrogens with one attached hydrogen (secondary N) is 1. The summed E-state index contributed by atoms with van der Waals surface area (Å²) >= 11 is 1.44. The van der Waals surface area contributed by atoms with Crippen molar-refractivity contribution in [1.29, 1.82) is 0 Å². The average Bonchev–Trinajstić information content (AvgIpc) is 3.12. The largest absolute Gasteiger partial charge is 0.506 e. The molecular weight excluding hydrogens is 432 g/mol. The topological polar surface area (TPSA) is 127 Å². The van der Waals surface area contributed by atoms with Crippen molar-refractivity contribution in [3.63, 3.8) is 0 Å². The first-order valence-corrected chi connectivity index (χ1v) is 10.5. The number of rotatable bonds is 6. The van der Waals surface area contributed by atoms with Gasteiger partial charge in [-0.15, -0.1) is 11.3 Å². The van der Waals surface area contributed by atoms with Crippen molar-refractivity contribution in [2.75, 3.05) is 5.32 Å². The van der Waals surface area contributed by atoms with E-state index in [1.807, 2.05) is 37.3 Å². The predicted molar refractivity (Wildman–Crippen MR) is 122 cm³/mol.